The van der Waals surface area contributed by atoms with E-state index >= 15 is 0 Å². The number of ether oxygens (including phenoxy) is 3. The van der Waals surface area contributed by atoms with Crippen molar-refractivity contribution in [1.29, 1.82) is 0 Å². The SMILES string of the molecule is COc1cc(C(=O)O)ccc1OCC(=O)c1cc(C)n(-c2ccc(OC(F)(F)F)cc2)c1C. The number of carbonyl (C=O) groups excluding carboxylic acids is 1. The number of nitrogens with zero attached hydrogens (tertiary/aromatic N) is 1. The molecule has 174 valence electrons. The van der Waals surface area contributed by atoms with E-state index in [1.54, 1.807) is 24.5 Å². The van der Waals surface area contributed by atoms with Crippen molar-refractivity contribution in [2.45, 2.75) is 20.2 Å². The van der Waals surface area contributed by atoms with Gasteiger partial charge in [0.15, 0.2) is 18.1 Å². The lowest BCUT2D eigenvalue weighted by atomic mass is 10.1. The Morgan fingerprint density at radius 3 is 2.24 bits per heavy atom. The van der Waals surface area contributed by atoms with E-state index in [1.165, 1.54) is 49.6 Å². The molecule has 0 unspecified atom stereocenters. The van der Waals surface area contributed by atoms with Crippen LogP contribution in [0.15, 0.2) is 48.5 Å². The topological polar surface area (TPSA) is 87.0 Å². The molecule has 0 aliphatic carbocycles. The summed E-state index contributed by atoms with van der Waals surface area (Å²) in [6.45, 7) is 3.15. The van der Waals surface area contributed by atoms with Crippen LogP contribution in [0.3, 0.4) is 0 Å². The third kappa shape index (κ3) is 5.46. The smallest absolute Gasteiger partial charge is 0.493 e. The van der Waals surface area contributed by atoms with E-state index in [1.807, 2.05) is 0 Å². The maximum atomic E-state index is 12.8. The van der Waals surface area contributed by atoms with Crippen LogP contribution < -0.4 is 14.2 Å². The predicted molar refractivity (Wildman–Crippen MR) is 112 cm³/mol. The fourth-order valence-corrected chi connectivity index (χ4v) is 3.38. The Hall–Kier alpha value is -3.95. The fourth-order valence-electron chi connectivity index (χ4n) is 3.38. The number of hydrogen-bond acceptors (Lipinski definition) is 5. The number of halogens is 3. The lowest BCUT2D eigenvalue weighted by molar-refractivity contribution is -0.274. The van der Waals surface area contributed by atoms with Gasteiger partial charge in [-0.1, -0.05) is 0 Å². The highest BCUT2D eigenvalue weighted by molar-refractivity contribution is 5.99. The second-order valence-corrected chi connectivity index (χ2v) is 7.04. The van der Waals surface area contributed by atoms with E-state index in [4.69, 9.17) is 14.6 Å². The molecule has 7 nitrogen and oxygen atoms in total. The van der Waals surface area contributed by atoms with E-state index in [0.29, 0.717) is 22.6 Å². The molecule has 0 amide bonds. The highest BCUT2D eigenvalue weighted by atomic mass is 19.4. The standard InChI is InChI=1S/C23H20F3NO6/c1-13-10-18(14(2)27(13)16-5-7-17(8-6-16)33-23(24,25)26)19(28)12-32-20-9-4-15(22(29)30)11-21(20)31-3/h4-11H,12H2,1-3H3,(H,29,30). The molecule has 0 fully saturated rings. The quantitative estimate of drug-likeness (QED) is 0.475. The first-order valence-corrected chi connectivity index (χ1v) is 9.62. The Morgan fingerprint density at radius 2 is 1.67 bits per heavy atom. The summed E-state index contributed by atoms with van der Waals surface area (Å²) in [4.78, 5) is 23.9. The van der Waals surface area contributed by atoms with Crippen LogP contribution in [0.25, 0.3) is 5.69 Å². The molecule has 1 heterocycles. The summed E-state index contributed by atoms with van der Waals surface area (Å²) in [6.07, 6.45) is -4.78. The molecule has 3 aromatic rings. The van der Waals surface area contributed by atoms with Crippen LogP contribution >= 0.6 is 0 Å². The second kappa shape index (κ2) is 9.27. The average Bonchev–Trinajstić information content (AvgIpc) is 3.05. The van der Waals surface area contributed by atoms with Gasteiger partial charge in [0.25, 0.3) is 0 Å². The van der Waals surface area contributed by atoms with E-state index < -0.39 is 12.3 Å². The van der Waals surface area contributed by atoms with Crippen LogP contribution in [-0.2, 0) is 0 Å². The lowest BCUT2D eigenvalue weighted by Gasteiger charge is -2.13. The fraction of sp³-hybridized carbons (Fsp3) is 0.217. The molecule has 10 heteroatoms. The third-order valence-corrected chi connectivity index (χ3v) is 4.83. The molecular weight excluding hydrogens is 443 g/mol. The zero-order chi connectivity index (χ0) is 24.3. The Kier molecular flexibility index (Phi) is 6.66. The highest BCUT2D eigenvalue weighted by Gasteiger charge is 2.31. The summed E-state index contributed by atoms with van der Waals surface area (Å²) < 4.78 is 53.4. The molecule has 1 N–H and O–H groups in total. The van der Waals surface area contributed by atoms with Crippen molar-refractivity contribution in [3.8, 4) is 22.9 Å². The molecule has 3 rings (SSSR count). The maximum Gasteiger partial charge on any atom is 0.573 e. The Bertz CT molecular complexity index is 1180. The Labute approximate surface area is 186 Å². The molecule has 0 aliphatic rings. The number of carboxylic acid groups (broad SMARTS) is 1. The van der Waals surface area contributed by atoms with Crippen LogP contribution in [0.2, 0.25) is 0 Å². The molecule has 1 aromatic heterocycles. The van der Waals surface area contributed by atoms with Gasteiger partial charge in [-0.3, -0.25) is 4.79 Å². The van der Waals surface area contributed by atoms with Gasteiger partial charge in [0, 0.05) is 22.6 Å². The molecule has 0 aliphatic heterocycles. The maximum absolute atomic E-state index is 12.8. The van der Waals surface area contributed by atoms with Gasteiger partial charge in [-0.05, 0) is 62.4 Å². The van der Waals surface area contributed by atoms with Gasteiger partial charge in [-0.15, -0.1) is 13.2 Å². The van der Waals surface area contributed by atoms with Gasteiger partial charge in [0.1, 0.15) is 5.75 Å². The Balaban J connectivity index is 1.78. The number of alkyl halides is 3. The number of carbonyl (C=O) groups is 2. The number of carboxylic acids is 1. The number of aromatic carboxylic acids is 1. The van der Waals surface area contributed by atoms with Crippen LogP contribution in [0, 0.1) is 13.8 Å². The predicted octanol–water partition coefficient (Wildman–Crippen LogP) is 4.96. The van der Waals surface area contributed by atoms with E-state index in [0.717, 1.165) is 0 Å². The molecule has 0 saturated carbocycles. The number of aryl methyl sites for hydroxylation is 1. The number of methoxy groups -OCH3 is 1. The third-order valence-electron chi connectivity index (χ3n) is 4.83. The molecule has 0 bridgehead atoms. The number of rotatable bonds is 8. The number of Topliss-reactive ketones (excluding diaryl/α,β-unsaturated/α-hetero) is 1. The lowest BCUT2D eigenvalue weighted by Crippen LogP contribution is -2.17. The van der Waals surface area contributed by atoms with Gasteiger partial charge in [-0.2, -0.15) is 0 Å². The number of aromatic nitrogens is 1. The van der Waals surface area contributed by atoms with Gasteiger partial charge >= 0.3 is 12.3 Å². The van der Waals surface area contributed by atoms with Crippen molar-refractivity contribution in [2.24, 2.45) is 0 Å². The van der Waals surface area contributed by atoms with Crippen LogP contribution in [0.4, 0.5) is 13.2 Å². The second-order valence-electron chi connectivity index (χ2n) is 7.04. The minimum absolute atomic E-state index is 0.0146. The molecule has 0 spiro atoms. The number of ketones is 1. The molecular formula is C23H20F3NO6. The van der Waals surface area contributed by atoms with Crippen molar-refractivity contribution < 1.29 is 42.1 Å². The first-order valence-electron chi connectivity index (χ1n) is 9.62. The number of hydrogen-bond donors (Lipinski definition) is 1. The summed E-state index contributed by atoms with van der Waals surface area (Å²) in [5.41, 5.74) is 2.23. The summed E-state index contributed by atoms with van der Waals surface area (Å²) in [5, 5.41) is 9.07. The summed E-state index contributed by atoms with van der Waals surface area (Å²) in [5.74, 6) is -1.42. The molecule has 0 atom stereocenters. The van der Waals surface area contributed by atoms with Crippen molar-refractivity contribution in [3.05, 3.63) is 71.0 Å². The monoisotopic (exact) mass is 463 g/mol. The van der Waals surface area contributed by atoms with Crippen molar-refractivity contribution in [3.63, 3.8) is 0 Å². The van der Waals surface area contributed by atoms with Crippen LogP contribution in [-0.4, -0.2) is 41.5 Å². The minimum Gasteiger partial charge on any atom is -0.493 e. The summed E-state index contributed by atoms with van der Waals surface area (Å²) in [6, 6.07) is 11.0. The molecule has 33 heavy (non-hydrogen) atoms. The zero-order valence-electron chi connectivity index (χ0n) is 17.9. The van der Waals surface area contributed by atoms with Crippen LogP contribution in [0.1, 0.15) is 32.1 Å². The largest absolute Gasteiger partial charge is 0.573 e. The Morgan fingerprint density at radius 1 is 1.00 bits per heavy atom. The first-order chi connectivity index (χ1) is 15.5. The van der Waals surface area contributed by atoms with E-state index in [-0.39, 0.29) is 35.2 Å². The van der Waals surface area contributed by atoms with Crippen LogP contribution in [0.5, 0.6) is 17.2 Å². The van der Waals surface area contributed by atoms with E-state index in [2.05, 4.69) is 4.74 Å². The average molecular weight is 463 g/mol. The summed E-state index contributed by atoms with van der Waals surface area (Å²) >= 11 is 0. The highest BCUT2D eigenvalue weighted by Crippen LogP contribution is 2.29. The van der Waals surface area contributed by atoms with Crippen molar-refractivity contribution in [2.75, 3.05) is 13.7 Å². The normalized spacial score (nSPS) is 11.2. The molecule has 2 aromatic carbocycles. The molecule has 0 radical (unpaired) electrons. The number of benzene rings is 2. The zero-order valence-corrected chi connectivity index (χ0v) is 17.9. The summed E-state index contributed by atoms with van der Waals surface area (Å²) in [7, 11) is 1.36. The van der Waals surface area contributed by atoms with E-state index in [9.17, 15) is 22.8 Å². The van der Waals surface area contributed by atoms with Gasteiger partial charge < -0.3 is 23.9 Å². The minimum atomic E-state index is -4.78. The van der Waals surface area contributed by atoms with Crippen molar-refractivity contribution in [1.82, 2.24) is 4.57 Å². The van der Waals surface area contributed by atoms with Gasteiger partial charge in [-0.25, -0.2) is 4.79 Å². The molecule has 0 saturated heterocycles. The first kappa shape index (κ1) is 23.7. The van der Waals surface area contributed by atoms with Crippen molar-refractivity contribution >= 4 is 11.8 Å². The van der Waals surface area contributed by atoms with Gasteiger partial charge in [0.2, 0.25) is 5.78 Å². The van der Waals surface area contributed by atoms with Gasteiger partial charge in [0.05, 0.1) is 12.7 Å².